The fourth-order valence-corrected chi connectivity index (χ4v) is 0.950. The van der Waals surface area contributed by atoms with Crippen LogP contribution in [-0.4, -0.2) is 15.4 Å². The summed E-state index contributed by atoms with van der Waals surface area (Å²) in [5, 5.41) is 10.2. The van der Waals surface area contributed by atoms with Gasteiger partial charge in [0.2, 0.25) is 0 Å². The quantitative estimate of drug-likeness (QED) is 0.451. The first kappa shape index (κ1) is 12.4. The molecule has 0 saturated heterocycles. The zero-order valence-corrected chi connectivity index (χ0v) is 9.86. The van der Waals surface area contributed by atoms with E-state index in [-0.39, 0.29) is 37.0 Å². The van der Waals surface area contributed by atoms with Crippen LogP contribution >= 0.6 is 0 Å². The number of aromatic amines is 1. The standard InChI is InChI=1S/C8H7N3.CH3.Na/c1-2-4-7(5-3-1)8-6-9-11-10-8;;/h1-6H,(H,9,10,11);1H3;/q;-1;+1. The van der Waals surface area contributed by atoms with Gasteiger partial charge in [0, 0.05) is 5.56 Å². The monoisotopic (exact) mass is 183 g/mol. The summed E-state index contributed by atoms with van der Waals surface area (Å²) in [7, 11) is 0. The van der Waals surface area contributed by atoms with E-state index in [4.69, 9.17) is 0 Å². The predicted octanol–water partition coefficient (Wildman–Crippen LogP) is -1.07. The smallest absolute Gasteiger partial charge is 0.358 e. The molecule has 0 aliphatic rings. The Kier molecular flexibility index (Phi) is 5.62. The van der Waals surface area contributed by atoms with Crippen LogP contribution in [0.3, 0.4) is 0 Å². The van der Waals surface area contributed by atoms with Gasteiger partial charge in [0.1, 0.15) is 5.69 Å². The Labute approximate surface area is 99.9 Å². The molecule has 1 heterocycles. The Balaban J connectivity index is 0.000000720. The van der Waals surface area contributed by atoms with Crippen molar-refractivity contribution in [3.63, 3.8) is 0 Å². The van der Waals surface area contributed by atoms with Crippen LogP contribution < -0.4 is 29.6 Å². The van der Waals surface area contributed by atoms with Crippen molar-refractivity contribution < 1.29 is 29.6 Å². The van der Waals surface area contributed by atoms with Crippen LogP contribution in [0.15, 0.2) is 36.5 Å². The van der Waals surface area contributed by atoms with E-state index in [2.05, 4.69) is 15.4 Å². The zero-order chi connectivity index (χ0) is 7.52. The molecule has 62 valence electrons. The average molecular weight is 183 g/mol. The Bertz CT molecular complexity index is 318. The van der Waals surface area contributed by atoms with E-state index < -0.39 is 0 Å². The first-order valence-corrected chi connectivity index (χ1v) is 3.38. The van der Waals surface area contributed by atoms with E-state index in [1.54, 1.807) is 6.20 Å². The predicted molar refractivity (Wildman–Crippen MR) is 48.2 cm³/mol. The molecule has 0 bridgehead atoms. The number of aromatic nitrogens is 3. The third-order valence-corrected chi connectivity index (χ3v) is 1.48. The van der Waals surface area contributed by atoms with Crippen LogP contribution in [0.1, 0.15) is 0 Å². The molecule has 2 rings (SSSR count). The maximum atomic E-state index is 3.95. The number of nitrogens with one attached hydrogen (secondary N) is 1. The molecule has 0 saturated carbocycles. The average Bonchev–Trinajstić information content (AvgIpc) is 2.58. The van der Waals surface area contributed by atoms with E-state index in [0.717, 1.165) is 11.3 Å². The van der Waals surface area contributed by atoms with Gasteiger partial charge in [-0.15, -0.1) is 0 Å². The summed E-state index contributed by atoms with van der Waals surface area (Å²) < 4.78 is 0. The van der Waals surface area contributed by atoms with Crippen LogP contribution in [0.5, 0.6) is 0 Å². The van der Waals surface area contributed by atoms with Crippen molar-refractivity contribution >= 4 is 0 Å². The van der Waals surface area contributed by atoms with Gasteiger partial charge in [-0.25, -0.2) is 0 Å². The normalized spacial score (nSPS) is 8.31. The van der Waals surface area contributed by atoms with Crippen LogP contribution in [-0.2, 0) is 0 Å². The van der Waals surface area contributed by atoms with Gasteiger partial charge < -0.3 is 7.43 Å². The van der Waals surface area contributed by atoms with Crippen LogP contribution in [0, 0.1) is 7.43 Å². The summed E-state index contributed by atoms with van der Waals surface area (Å²) in [6.07, 6.45) is 1.70. The van der Waals surface area contributed by atoms with Crippen molar-refractivity contribution in [2.75, 3.05) is 0 Å². The second-order valence-corrected chi connectivity index (χ2v) is 2.22. The molecular formula is C9H10N3Na. The van der Waals surface area contributed by atoms with Crippen molar-refractivity contribution in [1.29, 1.82) is 0 Å². The van der Waals surface area contributed by atoms with E-state index in [1.807, 2.05) is 30.3 Å². The minimum Gasteiger partial charge on any atom is -0.358 e. The topological polar surface area (TPSA) is 41.6 Å². The van der Waals surface area contributed by atoms with Gasteiger partial charge in [0.25, 0.3) is 0 Å². The molecule has 0 fully saturated rings. The van der Waals surface area contributed by atoms with E-state index in [0.29, 0.717) is 0 Å². The minimum atomic E-state index is 0. The maximum Gasteiger partial charge on any atom is 1.00 e. The molecule has 1 aromatic carbocycles. The number of benzene rings is 1. The van der Waals surface area contributed by atoms with Crippen LogP contribution in [0.4, 0.5) is 0 Å². The second-order valence-electron chi connectivity index (χ2n) is 2.22. The molecule has 1 N–H and O–H groups in total. The molecule has 13 heavy (non-hydrogen) atoms. The third kappa shape index (κ3) is 2.95. The van der Waals surface area contributed by atoms with Crippen molar-refractivity contribution in [2.24, 2.45) is 0 Å². The minimum absolute atomic E-state index is 0. The number of rotatable bonds is 1. The fraction of sp³-hybridized carbons (Fsp3) is 0. The molecule has 0 aliphatic carbocycles. The summed E-state index contributed by atoms with van der Waals surface area (Å²) in [5.41, 5.74) is 1.96. The summed E-state index contributed by atoms with van der Waals surface area (Å²) in [4.78, 5) is 0. The third-order valence-electron chi connectivity index (χ3n) is 1.48. The van der Waals surface area contributed by atoms with Gasteiger partial charge >= 0.3 is 29.6 Å². The van der Waals surface area contributed by atoms with Crippen molar-refractivity contribution in [2.45, 2.75) is 0 Å². The Morgan fingerprint density at radius 1 is 1.08 bits per heavy atom. The van der Waals surface area contributed by atoms with Crippen molar-refractivity contribution in [1.82, 2.24) is 15.4 Å². The molecule has 0 unspecified atom stereocenters. The van der Waals surface area contributed by atoms with E-state index in [9.17, 15) is 0 Å². The SMILES string of the molecule is [CH3-].[Na+].c1ccc(-c2cn[nH]n2)cc1. The molecule has 0 spiro atoms. The molecule has 1 aromatic heterocycles. The van der Waals surface area contributed by atoms with Gasteiger partial charge in [-0.1, -0.05) is 30.3 Å². The van der Waals surface area contributed by atoms with Gasteiger partial charge in [0.15, 0.2) is 0 Å². The van der Waals surface area contributed by atoms with Gasteiger partial charge in [-0.3, -0.25) is 0 Å². The van der Waals surface area contributed by atoms with Gasteiger partial charge in [-0.05, 0) is 0 Å². The van der Waals surface area contributed by atoms with Crippen LogP contribution in [0.25, 0.3) is 11.3 Å². The maximum absolute atomic E-state index is 3.95. The first-order chi connectivity index (χ1) is 5.47. The summed E-state index contributed by atoms with van der Waals surface area (Å²) in [6.45, 7) is 0. The molecule has 0 radical (unpaired) electrons. The largest absolute Gasteiger partial charge is 1.00 e. The van der Waals surface area contributed by atoms with E-state index in [1.165, 1.54) is 0 Å². The zero-order valence-electron chi connectivity index (χ0n) is 7.86. The fourth-order valence-electron chi connectivity index (χ4n) is 0.950. The number of nitrogens with zero attached hydrogens (tertiary/aromatic N) is 2. The molecule has 4 heteroatoms. The van der Waals surface area contributed by atoms with Crippen molar-refractivity contribution in [3.8, 4) is 11.3 Å². The number of H-pyrrole nitrogens is 1. The van der Waals surface area contributed by atoms with Gasteiger partial charge in [0.05, 0.1) is 6.20 Å². The Hall–Kier alpha value is -0.640. The summed E-state index contributed by atoms with van der Waals surface area (Å²) >= 11 is 0. The number of hydrogen-bond acceptors (Lipinski definition) is 2. The first-order valence-electron chi connectivity index (χ1n) is 3.38. The summed E-state index contributed by atoms with van der Waals surface area (Å²) in [5.74, 6) is 0. The Morgan fingerprint density at radius 3 is 2.31 bits per heavy atom. The second kappa shape index (κ2) is 5.91. The molecule has 3 nitrogen and oxygen atoms in total. The molecule has 0 amide bonds. The summed E-state index contributed by atoms with van der Waals surface area (Å²) in [6, 6.07) is 9.92. The Morgan fingerprint density at radius 2 is 1.77 bits per heavy atom. The van der Waals surface area contributed by atoms with E-state index >= 15 is 0 Å². The number of hydrogen-bond donors (Lipinski definition) is 1. The van der Waals surface area contributed by atoms with Crippen molar-refractivity contribution in [3.05, 3.63) is 44.0 Å². The molecule has 0 aliphatic heterocycles. The van der Waals surface area contributed by atoms with Gasteiger partial charge in [-0.2, -0.15) is 15.4 Å². The van der Waals surface area contributed by atoms with Crippen LogP contribution in [0.2, 0.25) is 0 Å². The molecule has 2 aromatic rings. The molecule has 0 atom stereocenters. The molecular weight excluding hydrogens is 173 g/mol.